The fourth-order valence-electron chi connectivity index (χ4n) is 2.41. The van der Waals surface area contributed by atoms with Crippen molar-refractivity contribution in [3.63, 3.8) is 0 Å². The van der Waals surface area contributed by atoms with E-state index < -0.39 is 0 Å². The Labute approximate surface area is 128 Å². The Morgan fingerprint density at radius 2 is 2.14 bits per heavy atom. The smallest absolute Gasteiger partial charge is 0.255 e. The molecule has 0 radical (unpaired) electrons. The van der Waals surface area contributed by atoms with Crippen molar-refractivity contribution in [2.24, 2.45) is 0 Å². The molecule has 0 aliphatic rings. The zero-order valence-corrected chi connectivity index (χ0v) is 12.5. The first-order valence-corrected chi connectivity index (χ1v) is 7.12. The van der Waals surface area contributed by atoms with Crippen molar-refractivity contribution in [1.29, 1.82) is 0 Å². The standard InChI is InChI=1S/C17H17N3O2/c1-3-11-8-12(5-7-16(11)22-2)17(21)19-14-6-4-13-10-18-20-15(13)9-14/h4-10H,3H2,1-2H3,(H,18,20)(H,19,21). The number of nitrogens with one attached hydrogen (secondary N) is 2. The van der Waals surface area contributed by atoms with Crippen LogP contribution in [0.1, 0.15) is 22.8 Å². The number of ether oxygens (including phenoxy) is 1. The second kappa shape index (κ2) is 5.89. The van der Waals surface area contributed by atoms with Gasteiger partial charge in [-0.3, -0.25) is 9.89 Å². The van der Waals surface area contributed by atoms with Gasteiger partial charge in [-0.15, -0.1) is 0 Å². The molecule has 3 aromatic rings. The lowest BCUT2D eigenvalue weighted by atomic mass is 10.1. The molecule has 1 amide bonds. The van der Waals surface area contributed by atoms with E-state index in [1.54, 1.807) is 19.4 Å². The van der Waals surface area contributed by atoms with Crippen LogP contribution in [0, 0.1) is 0 Å². The number of aromatic amines is 1. The van der Waals surface area contributed by atoms with Gasteiger partial charge in [0.15, 0.2) is 0 Å². The minimum Gasteiger partial charge on any atom is -0.496 e. The van der Waals surface area contributed by atoms with Crippen LogP contribution in [0.4, 0.5) is 5.69 Å². The van der Waals surface area contributed by atoms with E-state index in [1.807, 2.05) is 37.3 Å². The summed E-state index contributed by atoms with van der Waals surface area (Å²) in [4.78, 5) is 12.4. The van der Waals surface area contributed by atoms with Crippen LogP contribution in [0.15, 0.2) is 42.6 Å². The molecule has 3 rings (SSSR count). The highest BCUT2D eigenvalue weighted by molar-refractivity contribution is 6.05. The van der Waals surface area contributed by atoms with Crippen LogP contribution in [0.2, 0.25) is 0 Å². The lowest BCUT2D eigenvalue weighted by Crippen LogP contribution is -2.12. The minimum absolute atomic E-state index is 0.142. The SMILES string of the molecule is CCc1cc(C(=O)Nc2ccc3cn[nH]c3c2)ccc1OC. The Kier molecular flexibility index (Phi) is 3.78. The fourth-order valence-corrected chi connectivity index (χ4v) is 2.41. The van der Waals surface area contributed by atoms with Crippen molar-refractivity contribution in [2.75, 3.05) is 12.4 Å². The number of benzene rings is 2. The second-order valence-corrected chi connectivity index (χ2v) is 5.01. The van der Waals surface area contributed by atoms with Crippen molar-refractivity contribution in [3.05, 3.63) is 53.7 Å². The molecule has 0 aliphatic heterocycles. The molecule has 1 heterocycles. The van der Waals surface area contributed by atoms with Crippen LogP contribution >= 0.6 is 0 Å². The topological polar surface area (TPSA) is 67.0 Å². The van der Waals surface area contributed by atoms with Crippen molar-refractivity contribution in [1.82, 2.24) is 10.2 Å². The van der Waals surface area contributed by atoms with E-state index in [0.717, 1.165) is 34.3 Å². The number of H-pyrrole nitrogens is 1. The highest BCUT2D eigenvalue weighted by Crippen LogP contribution is 2.22. The number of fused-ring (bicyclic) bond motifs is 1. The molecule has 0 spiro atoms. The number of anilines is 1. The largest absolute Gasteiger partial charge is 0.496 e. The molecule has 1 aromatic heterocycles. The summed E-state index contributed by atoms with van der Waals surface area (Å²) >= 11 is 0. The summed E-state index contributed by atoms with van der Waals surface area (Å²) in [6.07, 6.45) is 2.56. The number of methoxy groups -OCH3 is 1. The average molecular weight is 295 g/mol. The van der Waals surface area contributed by atoms with Crippen LogP contribution in [0.3, 0.4) is 0 Å². The van der Waals surface area contributed by atoms with Crippen LogP contribution < -0.4 is 10.1 Å². The van der Waals surface area contributed by atoms with Crippen molar-refractivity contribution < 1.29 is 9.53 Å². The summed E-state index contributed by atoms with van der Waals surface area (Å²) in [5, 5.41) is 10.8. The summed E-state index contributed by atoms with van der Waals surface area (Å²) in [5.41, 5.74) is 3.25. The summed E-state index contributed by atoms with van der Waals surface area (Å²) in [5.74, 6) is 0.661. The van der Waals surface area contributed by atoms with Gasteiger partial charge < -0.3 is 10.1 Å². The van der Waals surface area contributed by atoms with Gasteiger partial charge in [0.25, 0.3) is 5.91 Å². The van der Waals surface area contributed by atoms with Gasteiger partial charge in [-0.1, -0.05) is 6.92 Å². The van der Waals surface area contributed by atoms with Gasteiger partial charge in [0, 0.05) is 16.6 Å². The maximum atomic E-state index is 12.4. The predicted molar refractivity (Wildman–Crippen MR) is 86.4 cm³/mol. The van der Waals surface area contributed by atoms with Gasteiger partial charge in [0.1, 0.15) is 5.75 Å². The van der Waals surface area contributed by atoms with Gasteiger partial charge in [-0.05, 0) is 48.4 Å². The number of aromatic nitrogens is 2. The third kappa shape index (κ3) is 2.65. The maximum Gasteiger partial charge on any atom is 0.255 e. The molecule has 5 nitrogen and oxygen atoms in total. The molecule has 0 saturated carbocycles. The average Bonchev–Trinajstić information content (AvgIpc) is 3.01. The Balaban J connectivity index is 1.84. The van der Waals surface area contributed by atoms with Crippen LogP contribution in [0.5, 0.6) is 5.75 Å². The van der Waals surface area contributed by atoms with E-state index in [1.165, 1.54) is 0 Å². The summed E-state index contributed by atoms with van der Waals surface area (Å²) in [6.45, 7) is 2.03. The quantitative estimate of drug-likeness (QED) is 0.775. The molecule has 22 heavy (non-hydrogen) atoms. The number of carbonyl (C=O) groups is 1. The van der Waals surface area contributed by atoms with Gasteiger partial charge in [0.05, 0.1) is 18.8 Å². The zero-order valence-electron chi connectivity index (χ0n) is 12.5. The molecule has 0 unspecified atom stereocenters. The predicted octanol–water partition coefficient (Wildman–Crippen LogP) is 3.39. The fraction of sp³-hybridized carbons (Fsp3) is 0.176. The lowest BCUT2D eigenvalue weighted by Gasteiger charge is -2.10. The minimum atomic E-state index is -0.142. The molecule has 0 saturated heterocycles. The van der Waals surface area contributed by atoms with Crippen LogP contribution in [-0.2, 0) is 6.42 Å². The monoisotopic (exact) mass is 295 g/mol. The number of rotatable bonds is 4. The Bertz CT molecular complexity index is 824. The van der Waals surface area contributed by atoms with Crippen molar-refractivity contribution >= 4 is 22.5 Å². The third-order valence-corrected chi connectivity index (χ3v) is 3.62. The molecule has 0 atom stereocenters. The third-order valence-electron chi connectivity index (χ3n) is 3.62. The first-order valence-electron chi connectivity index (χ1n) is 7.12. The summed E-state index contributed by atoms with van der Waals surface area (Å²) in [7, 11) is 1.63. The summed E-state index contributed by atoms with van der Waals surface area (Å²) < 4.78 is 5.29. The van der Waals surface area contributed by atoms with Gasteiger partial charge >= 0.3 is 0 Å². The lowest BCUT2D eigenvalue weighted by molar-refractivity contribution is 0.102. The highest BCUT2D eigenvalue weighted by Gasteiger charge is 2.10. The number of carbonyl (C=O) groups excluding carboxylic acids is 1. The first-order chi connectivity index (χ1) is 10.7. The number of hydrogen-bond donors (Lipinski definition) is 2. The Morgan fingerprint density at radius 3 is 2.91 bits per heavy atom. The highest BCUT2D eigenvalue weighted by atomic mass is 16.5. The second-order valence-electron chi connectivity index (χ2n) is 5.01. The van der Waals surface area contributed by atoms with E-state index in [-0.39, 0.29) is 5.91 Å². The Morgan fingerprint density at radius 1 is 1.27 bits per heavy atom. The maximum absolute atomic E-state index is 12.4. The molecule has 0 bridgehead atoms. The summed E-state index contributed by atoms with van der Waals surface area (Å²) in [6, 6.07) is 11.1. The van der Waals surface area contributed by atoms with E-state index in [0.29, 0.717) is 5.56 Å². The number of hydrogen-bond acceptors (Lipinski definition) is 3. The zero-order chi connectivity index (χ0) is 15.5. The molecule has 5 heteroatoms. The molecule has 112 valence electrons. The molecular weight excluding hydrogens is 278 g/mol. The van der Waals surface area contributed by atoms with E-state index >= 15 is 0 Å². The number of nitrogens with zero attached hydrogens (tertiary/aromatic N) is 1. The van der Waals surface area contributed by atoms with Crippen molar-refractivity contribution in [2.45, 2.75) is 13.3 Å². The van der Waals surface area contributed by atoms with E-state index in [2.05, 4.69) is 15.5 Å². The van der Waals surface area contributed by atoms with Gasteiger partial charge in [-0.25, -0.2) is 0 Å². The molecule has 0 aliphatic carbocycles. The van der Waals surface area contributed by atoms with Gasteiger partial charge in [-0.2, -0.15) is 5.10 Å². The Hall–Kier alpha value is -2.82. The van der Waals surface area contributed by atoms with Crippen molar-refractivity contribution in [3.8, 4) is 5.75 Å². The number of amides is 1. The first kappa shape index (κ1) is 14.1. The van der Waals surface area contributed by atoms with E-state index in [4.69, 9.17) is 4.74 Å². The molecule has 0 fully saturated rings. The van der Waals surface area contributed by atoms with Crippen LogP contribution in [0.25, 0.3) is 10.9 Å². The van der Waals surface area contributed by atoms with Gasteiger partial charge in [0.2, 0.25) is 0 Å². The number of aryl methyl sites for hydroxylation is 1. The van der Waals surface area contributed by atoms with Crippen LogP contribution in [-0.4, -0.2) is 23.2 Å². The normalized spacial score (nSPS) is 10.6. The molecular formula is C17H17N3O2. The molecule has 2 N–H and O–H groups in total. The molecule has 2 aromatic carbocycles. The van der Waals surface area contributed by atoms with E-state index in [9.17, 15) is 4.79 Å².